The highest BCUT2D eigenvalue weighted by Gasteiger charge is 2.36. The molecule has 2 aliphatic heterocycles. The molecular formula is C15H18F2N4O2. The van der Waals surface area contributed by atoms with Gasteiger partial charge in [-0.2, -0.15) is 0 Å². The van der Waals surface area contributed by atoms with E-state index in [0.29, 0.717) is 0 Å². The molecule has 8 heteroatoms. The van der Waals surface area contributed by atoms with E-state index >= 15 is 0 Å². The Morgan fingerprint density at radius 2 is 2.00 bits per heavy atom. The van der Waals surface area contributed by atoms with Crippen LogP contribution in [0, 0.1) is 11.6 Å². The lowest BCUT2D eigenvalue weighted by molar-refractivity contribution is -0.132. The molecule has 1 saturated heterocycles. The van der Waals surface area contributed by atoms with Gasteiger partial charge in [-0.1, -0.05) is 5.16 Å². The van der Waals surface area contributed by atoms with Gasteiger partial charge in [0.05, 0.1) is 11.8 Å². The van der Waals surface area contributed by atoms with Gasteiger partial charge in [0.2, 0.25) is 6.10 Å². The van der Waals surface area contributed by atoms with Crippen LogP contribution in [-0.4, -0.2) is 35.8 Å². The molecule has 0 bridgehead atoms. The molecule has 1 amide bonds. The molecule has 23 heavy (non-hydrogen) atoms. The Morgan fingerprint density at radius 1 is 1.30 bits per heavy atom. The number of oxime groups is 1. The fourth-order valence-corrected chi connectivity index (χ4v) is 2.78. The Bertz CT molecular complexity index is 642. The van der Waals surface area contributed by atoms with Gasteiger partial charge in [-0.3, -0.25) is 15.6 Å². The number of nitrogens with zero attached hydrogens (tertiary/aromatic N) is 1. The zero-order chi connectivity index (χ0) is 16.6. The minimum atomic E-state index is -0.840. The van der Waals surface area contributed by atoms with Gasteiger partial charge in [-0.05, 0) is 32.0 Å². The lowest BCUT2D eigenvalue weighted by Crippen LogP contribution is -2.49. The molecule has 124 valence electrons. The number of hydrazine groups is 1. The Balaban J connectivity index is 1.64. The molecule has 6 nitrogen and oxygen atoms in total. The highest BCUT2D eigenvalue weighted by Crippen LogP contribution is 2.20. The summed E-state index contributed by atoms with van der Waals surface area (Å²) in [6, 6.07) is 3.14. The first kappa shape index (κ1) is 15.8. The number of amides is 1. The number of rotatable bonds is 3. The zero-order valence-electron chi connectivity index (χ0n) is 12.8. The molecule has 0 aromatic heterocycles. The number of carbonyl (C=O) groups is 1. The van der Waals surface area contributed by atoms with Crippen molar-refractivity contribution in [3.63, 3.8) is 0 Å². The normalized spacial score (nSPS) is 30.0. The number of nitrogens with one attached hydrogen (secondary N) is 3. The molecule has 3 rings (SSSR count). The molecule has 1 aromatic rings. The monoisotopic (exact) mass is 324 g/mol. The van der Waals surface area contributed by atoms with E-state index in [9.17, 15) is 13.6 Å². The van der Waals surface area contributed by atoms with Crippen LogP contribution in [0.2, 0.25) is 0 Å². The van der Waals surface area contributed by atoms with Crippen LogP contribution in [0.1, 0.15) is 25.8 Å². The fourth-order valence-electron chi connectivity index (χ4n) is 2.78. The van der Waals surface area contributed by atoms with E-state index in [1.807, 2.05) is 13.8 Å². The second kappa shape index (κ2) is 6.21. The van der Waals surface area contributed by atoms with Gasteiger partial charge in [0.25, 0.3) is 5.91 Å². The molecule has 2 aliphatic rings. The first-order chi connectivity index (χ1) is 11.0. The quantitative estimate of drug-likeness (QED) is 0.770. The summed E-state index contributed by atoms with van der Waals surface area (Å²) in [5, 5.41) is 6.63. The second-order valence-corrected chi connectivity index (χ2v) is 5.86. The van der Waals surface area contributed by atoms with Crippen molar-refractivity contribution >= 4 is 11.6 Å². The number of hydrogen-bond donors (Lipinski definition) is 3. The number of halogens is 2. The van der Waals surface area contributed by atoms with E-state index < -0.39 is 17.7 Å². The summed E-state index contributed by atoms with van der Waals surface area (Å²) < 4.78 is 27.0. The maximum Gasteiger partial charge on any atom is 0.264 e. The number of benzene rings is 1. The minimum Gasteiger partial charge on any atom is -0.382 e. The van der Waals surface area contributed by atoms with Gasteiger partial charge in [0.1, 0.15) is 11.6 Å². The third kappa shape index (κ3) is 3.18. The van der Waals surface area contributed by atoms with Crippen molar-refractivity contribution in [1.29, 1.82) is 0 Å². The van der Waals surface area contributed by atoms with Crippen LogP contribution in [0.3, 0.4) is 0 Å². The highest BCUT2D eigenvalue weighted by molar-refractivity contribution is 6.04. The molecule has 0 radical (unpaired) electrons. The Labute approximate surface area is 132 Å². The molecule has 0 saturated carbocycles. The molecule has 3 atom stereocenters. The van der Waals surface area contributed by atoms with E-state index in [1.54, 1.807) is 0 Å². The van der Waals surface area contributed by atoms with Gasteiger partial charge < -0.3 is 10.2 Å². The third-order valence-corrected chi connectivity index (χ3v) is 4.13. The smallest absolute Gasteiger partial charge is 0.264 e. The summed E-state index contributed by atoms with van der Waals surface area (Å²) in [6.07, 6.45) is -0.740. The van der Waals surface area contributed by atoms with E-state index in [-0.39, 0.29) is 41.7 Å². The van der Waals surface area contributed by atoms with Crippen LogP contribution in [0.15, 0.2) is 23.4 Å². The predicted molar refractivity (Wildman–Crippen MR) is 79.5 cm³/mol. The maximum atomic E-state index is 13.8. The predicted octanol–water partition coefficient (Wildman–Crippen LogP) is 0.827. The molecule has 1 aromatic carbocycles. The van der Waals surface area contributed by atoms with Crippen molar-refractivity contribution < 1.29 is 18.4 Å². The topological polar surface area (TPSA) is 74.8 Å². The van der Waals surface area contributed by atoms with E-state index in [0.717, 1.165) is 18.2 Å². The third-order valence-electron chi connectivity index (χ3n) is 4.13. The molecule has 0 aliphatic carbocycles. The Kier molecular flexibility index (Phi) is 4.27. The van der Waals surface area contributed by atoms with Crippen LogP contribution in [0.25, 0.3) is 0 Å². The van der Waals surface area contributed by atoms with Crippen LogP contribution < -0.4 is 16.2 Å². The molecule has 1 fully saturated rings. The van der Waals surface area contributed by atoms with Crippen molar-refractivity contribution in [3.05, 3.63) is 35.4 Å². The van der Waals surface area contributed by atoms with Gasteiger partial charge in [-0.15, -0.1) is 0 Å². The van der Waals surface area contributed by atoms with E-state index in [1.165, 1.54) is 0 Å². The largest absolute Gasteiger partial charge is 0.382 e. The molecule has 3 N–H and O–H groups in total. The van der Waals surface area contributed by atoms with Crippen molar-refractivity contribution in [1.82, 2.24) is 16.2 Å². The summed E-state index contributed by atoms with van der Waals surface area (Å²) in [5.74, 6) is -1.49. The van der Waals surface area contributed by atoms with Crippen molar-refractivity contribution in [2.75, 3.05) is 0 Å². The average Bonchev–Trinajstić information content (AvgIpc) is 3.12. The molecule has 0 spiro atoms. The minimum absolute atomic E-state index is 0.0197. The molecule has 3 unspecified atom stereocenters. The van der Waals surface area contributed by atoms with Crippen LogP contribution >= 0.6 is 0 Å². The second-order valence-electron chi connectivity index (χ2n) is 5.86. The van der Waals surface area contributed by atoms with Gasteiger partial charge in [-0.25, -0.2) is 8.78 Å². The molecular weight excluding hydrogens is 306 g/mol. The first-order valence-corrected chi connectivity index (χ1v) is 7.45. The standard InChI is InChI=1S/C15H18F2N4O2/c1-7-14(8(2)20-19-7)18-15(22)13-6-12(21-23-13)10-5-9(16)3-4-11(10)17/h3-5,7-8,13-14,19-20H,6H2,1-2H3,(H,18,22). The molecule has 2 heterocycles. The van der Waals surface area contributed by atoms with Crippen LogP contribution in [0.5, 0.6) is 0 Å². The van der Waals surface area contributed by atoms with Gasteiger partial charge in [0.15, 0.2) is 0 Å². The summed E-state index contributed by atoms with van der Waals surface area (Å²) in [6.45, 7) is 3.89. The summed E-state index contributed by atoms with van der Waals surface area (Å²) in [4.78, 5) is 17.4. The Morgan fingerprint density at radius 3 is 2.70 bits per heavy atom. The van der Waals surface area contributed by atoms with Gasteiger partial charge >= 0.3 is 0 Å². The van der Waals surface area contributed by atoms with Crippen LogP contribution in [-0.2, 0) is 9.63 Å². The van der Waals surface area contributed by atoms with Crippen molar-refractivity contribution in [2.45, 2.75) is 44.5 Å². The summed E-state index contributed by atoms with van der Waals surface area (Å²) >= 11 is 0. The van der Waals surface area contributed by atoms with E-state index in [4.69, 9.17) is 4.84 Å². The zero-order valence-corrected chi connectivity index (χ0v) is 12.8. The maximum absolute atomic E-state index is 13.8. The lowest BCUT2D eigenvalue weighted by atomic mass is 10.0. The van der Waals surface area contributed by atoms with Crippen molar-refractivity contribution in [2.24, 2.45) is 5.16 Å². The summed E-state index contributed by atoms with van der Waals surface area (Å²) in [5.41, 5.74) is 6.32. The SMILES string of the molecule is CC1NNC(C)C1NC(=O)C1CC(c2cc(F)ccc2F)=NO1. The van der Waals surface area contributed by atoms with Crippen molar-refractivity contribution in [3.8, 4) is 0 Å². The highest BCUT2D eigenvalue weighted by atomic mass is 19.1. The van der Waals surface area contributed by atoms with Gasteiger partial charge in [0, 0.05) is 24.1 Å². The fraction of sp³-hybridized carbons (Fsp3) is 0.467. The summed E-state index contributed by atoms with van der Waals surface area (Å²) in [7, 11) is 0. The number of hydrogen-bond acceptors (Lipinski definition) is 5. The number of carbonyl (C=O) groups excluding carboxylic acids is 1. The van der Waals surface area contributed by atoms with E-state index in [2.05, 4.69) is 21.3 Å². The average molecular weight is 324 g/mol. The Hall–Kier alpha value is -2.06. The van der Waals surface area contributed by atoms with Crippen LogP contribution in [0.4, 0.5) is 8.78 Å². The lowest BCUT2D eigenvalue weighted by Gasteiger charge is -2.21. The first-order valence-electron chi connectivity index (χ1n) is 7.45.